The molecule has 0 amide bonds. The molecule has 1 aliphatic rings. The van der Waals surface area contributed by atoms with Crippen LogP contribution < -0.4 is 5.73 Å². The second-order valence-corrected chi connectivity index (χ2v) is 4.83. The average molecular weight is 209 g/mol. The molecule has 0 aliphatic carbocycles. The zero-order valence-electron chi connectivity index (χ0n) is 8.11. The molecule has 2 nitrogen and oxygen atoms in total. The molecule has 0 aromatic heterocycles. The number of hydrogen-bond donors (Lipinski definition) is 1. The van der Waals surface area contributed by atoms with E-state index in [9.17, 15) is 0 Å². The molecule has 0 radical (unpaired) electrons. The first-order chi connectivity index (χ1) is 6.88. The fraction of sp³-hybridized carbons (Fsp3) is 0.455. The zero-order valence-corrected chi connectivity index (χ0v) is 8.93. The summed E-state index contributed by atoms with van der Waals surface area (Å²) < 4.78 is 5.34. The molecule has 1 aliphatic heterocycles. The quantitative estimate of drug-likeness (QED) is 0.827. The SMILES string of the molecule is NCc1cccc(SC2CCOC2)c1. The van der Waals surface area contributed by atoms with Crippen LogP contribution in [-0.2, 0) is 11.3 Å². The first-order valence-electron chi connectivity index (χ1n) is 4.92. The molecule has 1 unspecified atom stereocenters. The number of thioether (sulfide) groups is 1. The minimum absolute atomic E-state index is 0.621. The molecule has 0 saturated carbocycles. The normalized spacial score (nSPS) is 21.4. The molecule has 1 aromatic rings. The molecule has 1 atom stereocenters. The van der Waals surface area contributed by atoms with Crippen molar-refractivity contribution in [1.82, 2.24) is 0 Å². The molecule has 3 heteroatoms. The lowest BCUT2D eigenvalue weighted by Gasteiger charge is -2.07. The van der Waals surface area contributed by atoms with E-state index in [1.165, 1.54) is 10.5 Å². The van der Waals surface area contributed by atoms with Crippen molar-refractivity contribution < 1.29 is 4.74 Å². The van der Waals surface area contributed by atoms with Gasteiger partial charge in [-0.2, -0.15) is 0 Å². The van der Waals surface area contributed by atoms with Crippen molar-refractivity contribution >= 4 is 11.8 Å². The van der Waals surface area contributed by atoms with Crippen LogP contribution in [-0.4, -0.2) is 18.5 Å². The van der Waals surface area contributed by atoms with Crippen molar-refractivity contribution in [2.75, 3.05) is 13.2 Å². The number of rotatable bonds is 3. The Labute approximate surface area is 88.8 Å². The summed E-state index contributed by atoms with van der Waals surface area (Å²) in [5.41, 5.74) is 6.80. The van der Waals surface area contributed by atoms with Gasteiger partial charge < -0.3 is 10.5 Å². The molecule has 0 bridgehead atoms. The van der Waals surface area contributed by atoms with Gasteiger partial charge in [-0.05, 0) is 24.1 Å². The van der Waals surface area contributed by atoms with Crippen LogP contribution >= 0.6 is 11.8 Å². The summed E-state index contributed by atoms with van der Waals surface area (Å²) >= 11 is 1.90. The van der Waals surface area contributed by atoms with E-state index in [1.54, 1.807) is 0 Å². The van der Waals surface area contributed by atoms with E-state index in [4.69, 9.17) is 10.5 Å². The molecule has 2 N–H and O–H groups in total. The summed E-state index contributed by atoms with van der Waals surface area (Å²) in [6.45, 7) is 2.42. The van der Waals surface area contributed by atoms with Crippen LogP contribution in [0.25, 0.3) is 0 Å². The average Bonchev–Trinajstić information content (AvgIpc) is 2.71. The van der Waals surface area contributed by atoms with E-state index in [1.807, 2.05) is 11.8 Å². The predicted molar refractivity (Wildman–Crippen MR) is 59.4 cm³/mol. The Kier molecular flexibility index (Phi) is 3.45. The summed E-state index contributed by atoms with van der Waals surface area (Å²) in [4.78, 5) is 1.31. The van der Waals surface area contributed by atoms with Crippen molar-refractivity contribution in [3.05, 3.63) is 29.8 Å². The number of ether oxygens (including phenoxy) is 1. The molecule has 2 rings (SSSR count). The molecule has 1 heterocycles. The predicted octanol–water partition coefficient (Wildman–Crippen LogP) is 2.03. The Morgan fingerprint density at radius 1 is 1.50 bits per heavy atom. The fourth-order valence-electron chi connectivity index (χ4n) is 1.54. The summed E-state index contributed by atoms with van der Waals surface area (Å²) in [7, 11) is 0. The highest BCUT2D eigenvalue weighted by atomic mass is 32.2. The highest BCUT2D eigenvalue weighted by Crippen LogP contribution is 2.28. The fourth-order valence-corrected chi connectivity index (χ4v) is 2.68. The lowest BCUT2D eigenvalue weighted by atomic mass is 10.2. The molecule has 0 spiro atoms. The minimum Gasteiger partial charge on any atom is -0.380 e. The minimum atomic E-state index is 0.621. The Bertz CT molecular complexity index is 297. The maximum Gasteiger partial charge on any atom is 0.0589 e. The second-order valence-electron chi connectivity index (χ2n) is 3.45. The number of hydrogen-bond acceptors (Lipinski definition) is 3. The second kappa shape index (κ2) is 4.82. The molecule has 76 valence electrons. The van der Waals surface area contributed by atoms with Gasteiger partial charge >= 0.3 is 0 Å². The van der Waals surface area contributed by atoms with E-state index in [2.05, 4.69) is 24.3 Å². The molecule has 1 saturated heterocycles. The van der Waals surface area contributed by atoms with Crippen molar-refractivity contribution in [2.45, 2.75) is 23.1 Å². The van der Waals surface area contributed by atoms with Crippen molar-refractivity contribution in [3.8, 4) is 0 Å². The van der Waals surface area contributed by atoms with Gasteiger partial charge in [-0.1, -0.05) is 12.1 Å². The third-order valence-electron chi connectivity index (χ3n) is 2.32. The van der Waals surface area contributed by atoms with E-state index in [0.29, 0.717) is 11.8 Å². The number of nitrogens with two attached hydrogens (primary N) is 1. The summed E-state index contributed by atoms with van der Waals surface area (Å²) in [5.74, 6) is 0. The summed E-state index contributed by atoms with van der Waals surface area (Å²) in [5, 5.41) is 0.628. The van der Waals surface area contributed by atoms with Gasteiger partial charge in [-0.25, -0.2) is 0 Å². The lowest BCUT2D eigenvalue weighted by molar-refractivity contribution is 0.199. The topological polar surface area (TPSA) is 35.2 Å². The van der Waals surface area contributed by atoms with Gasteiger partial charge in [0.2, 0.25) is 0 Å². The molecular formula is C11H15NOS. The summed E-state index contributed by atoms with van der Waals surface area (Å²) in [6.07, 6.45) is 1.16. The Balaban J connectivity index is 2.00. The maximum atomic E-state index is 5.59. The summed E-state index contributed by atoms with van der Waals surface area (Å²) in [6, 6.07) is 8.45. The lowest BCUT2D eigenvalue weighted by Crippen LogP contribution is -2.01. The third kappa shape index (κ3) is 2.50. The van der Waals surface area contributed by atoms with Gasteiger partial charge in [0.25, 0.3) is 0 Å². The van der Waals surface area contributed by atoms with Crippen LogP contribution in [0.3, 0.4) is 0 Å². The van der Waals surface area contributed by atoms with Crippen molar-refractivity contribution in [3.63, 3.8) is 0 Å². The highest BCUT2D eigenvalue weighted by Gasteiger charge is 2.16. The van der Waals surface area contributed by atoms with Crippen LogP contribution in [0.15, 0.2) is 29.2 Å². The smallest absolute Gasteiger partial charge is 0.0589 e. The van der Waals surface area contributed by atoms with E-state index >= 15 is 0 Å². The largest absolute Gasteiger partial charge is 0.380 e. The van der Waals surface area contributed by atoms with Crippen molar-refractivity contribution in [2.24, 2.45) is 5.73 Å². The zero-order chi connectivity index (χ0) is 9.80. The van der Waals surface area contributed by atoms with Crippen LogP contribution in [0, 0.1) is 0 Å². The van der Waals surface area contributed by atoms with Crippen molar-refractivity contribution in [1.29, 1.82) is 0 Å². The highest BCUT2D eigenvalue weighted by molar-refractivity contribution is 8.00. The third-order valence-corrected chi connectivity index (χ3v) is 3.56. The van der Waals surface area contributed by atoms with Gasteiger partial charge in [0.1, 0.15) is 0 Å². The molecule has 14 heavy (non-hydrogen) atoms. The molecular weight excluding hydrogens is 194 g/mol. The van der Waals surface area contributed by atoms with Gasteiger partial charge in [0.15, 0.2) is 0 Å². The van der Waals surface area contributed by atoms with Crippen LogP contribution in [0.5, 0.6) is 0 Å². The first kappa shape index (κ1) is 10.0. The Morgan fingerprint density at radius 3 is 3.14 bits per heavy atom. The van der Waals surface area contributed by atoms with Gasteiger partial charge in [0, 0.05) is 23.3 Å². The monoisotopic (exact) mass is 209 g/mol. The van der Waals surface area contributed by atoms with Gasteiger partial charge in [-0.15, -0.1) is 11.8 Å². The van der Waals surface area contributed by atoms with Gasteiger partial charge in [0.05, 0.1) is 6.61 Å². The van der Waals surface area contributed by atoms with E-state index in [-0.39, 0.29) is 0 Å². The van der Waals surface area contributed by atoms with Crippen LogP contribution in [0.1, 0.15) is 12.0 Å². The van der Waals surface area contributed by atoms with Crippen LogP contribution in [0.2, 0.25) is 0 Å². The Morgan fingerprint density at radius 2 is 2.43 bits per heavy atom. The van der Waals surface area contributed by atoms with Gasteiger partial charge in [-0.3, -0.25) is 0 Å². The maximum absolute atomic E-state index is 5.59. The van der Waals surface area contributed by atoms with Crippen LogP contribution in [0.4, 0.5) is 0 Å². The number of benzene rings is 1. The molecule has 1 aromatic carbocycles. The Hall–Kier alpha value is -0.510. The van der Waals surface area contributed by atoms with E-state index in [0.717, 1.165) is 19.6 Å². The standard InChI is InChI=1S/C11H15NOS/c12-7-9-2-1-3-10(6-9)14-11-4-5-13-8-11/h1-3,6,11H,4-5,7-8,12H2. The molecule has 1 fully saturated rings. The first-order valence-corrected chi connectivity index (χ1v) is 5.80. The van der Waals surface area contributed by atoms with E-state index < -0.39 is 0 Å².